The van der Waals surface area contributed by atoms with Gasteiger partial charge in [0.2, 0.25) is 11.8 Å². The highest BCUT2D eigenvalue weighted by Gasteiger charge is 2.35. The first-order chi connectivity index (χ1) is 16.5. The van der Waals surface area contributed by atoms with Crippen LogP contribution in [0.2, 0.25) is 10.0 Å². The molecule has 0 saturated heterocycles. The van der Waals surface area contributed by atoms with Crippen molar-refractivity contribution >= 4 is 23.2 Å². The van der Waals surface area contributed by atoms with Crippen LogP contribution in [0, 0.1) is 11.3 Å². The highest BCUT2D eigenvalue weighted by Crippen LogP contribution is 2.46. The number of hydrogen-bond donors (Lipinski definition) is 2. The lowest BCUT2D eigenvalue weighted by Gasteiger charge is -2.24. The second-order valence-electron chi connectivity index (χ2n) is 7.74. The van der Waals surface area contributed by atoms with Gasteiger partial charge in [0.05, 0.1) is 17.2 Å². The van der Waals surface area contributed by atoms with Crippen LogP contribution in [-0.2, 0) is 6.61 Å². The summed E-state index contributed by atoms with van der Waals surface area (Å²) >= 11 is 12.1. The average molecular weight is 489 g/mol. The van der Waals surface area contributed by atoms with Crippen molar-refractivity contribution in [1.29, 1.82) is 5.26 Å². The number of benzene rings is 3. The van der Waals surface area contributed by atoms with E-state index in [-0.39, 0.29) is 5.88 Å². The molecule has 2 heterocycles. The molecule has 0 aliphatic carbocycles. The van der Waals surface area contributed by atoms with E-state index >= 15 is 0 Å². The number of allylic oxidation sites excluding steroid dienone is 1. The molecule has 3 aromatic carbocycles. The lowest BCUT2D eigenvalue weighted by molar-refractivity contribution is 0.306. The zero-order chi connectivity index (χ0) is 23.7. The summed E-state index contributed by atoms with van der Waals surface area (Å²) < 4.78 is 11.7. The molecule has 1 atom stereocenters. The smallest absolute Gasteiger partial charge is 0.244 e. The Kier molecular flexibility index (Phi) is 5.89. The number of ether oxygens (including phenoxy) is 2. The Morgan fingerprint density at radius 1 is 1.03 bits per heavy atom. The third-order valence-corrected chi connectivity index (χ3v) is 6.04. The van der Waals surface area contributed by atoms with Crippen molar-refractivity contribution in [3.8, 4) is 29.0 Å². The summed E-state index contributed by atoms with van der Waals surface area (Å²) in [4.78, 5) is 0. The van der Waals surface area contributed by atoms with Crippen LogP contribution in [0.3, 0.4) is 0 Å². The van der Waals surface area contributed by atoms with Gasteiger partial charge in [-0.15, -0.1) is 5.10 Å². The van der Waals surface area contributed by atoms with Crippen LogP contribution < -0.4 is 15.2 Å². The van der Waals surface area contributed by atoms with Crippen LogP contribution in [0.5, 0.6) is 11.6 Å². The van der Waals surface area contributed by atoms with E-state index in [9.17, 15) is 5.26 Å². The first kappa shape index (κ1) is 21.9. The number of rotatable bonds is 5. The number of halogens is 2. The fraction of sp³-hybridized carbons (Fsp3) is 0.0769. The average Bonchev–Trinajstić information content (AvgIpc) is 3.26. The highest BCUT2D eigenvalue weighted by molar-refractivity contribution is 6.30. The van der Waals surface area contributed by atoms with Gasteiger partial charge in [-0.1, -0.05) is 59.6 Å². The summed E-state index contributed by atoms with van der Waals surface area (Å²) in [7, 11) is 0. The zero-order valence-corrected chi connectivity index (χ0v) is 19.3. The topological polar surface area (TPSA) is 97.0 Å². The van der Waals surface area contributed by atoms with E-state index in [1.165, 1.54) is 0 Å². The van der Waals surface area contributed by atoms with Crippen LogP contribution >= 0.6 is 23.2 Å². The molecule has 1 aliphatic heterocycles. The number of nitriles is 1. The Labute approximate surface area is 206 Å². The van der Waals surface area contributed by atoms with E-state index in [1.807, 2.05) is 60.7 Å². The van der Waals surface area contributed by atoms with Gasteiger partial charge in [-0.05, 0) is 47.5 Å². The Hall–Kier alpha value is -3.92. The molecule has 0 amide bonds. The summed E-state index contributed by atoms with van der Waals surface area (Å²) in [5.74, 6) is 0.516. The van der Waals surface area contributed by atoms with E-state index in [4.69, 9.17) is 38.4 Å². The minimum Gasteiger partial charge on any atom is -0.489 e. The van der Waals surface area contributed by atoms with Gasteiger partial charge in [-0.25, -0.2) is 0 Å². The number of H-pyrrole nitrogens is 1. The molecule has 0 fully saturated rings. The van der Waals surface area contributed by atoms with Gasteiger partial charge in [0, 0.05) is 15.6 Å². The molecule has 8 heteroatoms. The van der Waals surface area contributed by atoms with Gasteiger partial charge in [0.25, 0.3) is 0 Å². The Bertz CT molecular complexity index is 1440. The number of aromatic amines is 1. The summed E-state index contributed by atoms with van der Waals surface area (Å²) in [6, 6.07) is 24.6. The van der Waals surface area contributed by atoms with Crippen molar-refractivity contribution in [1.82, 2.24) is 10.2 Å². The molecule has 6 nitrogen and oxygen atoms in total. The normalized spacial score (nSPS) is 14.8. The fourth-order valence-electron chi connectivity index (χ4n) is 3.99. The largest absolute Gasteiger partial charge is 0.489 e. The van der Waals surface area contributed by atoms with Gasteiger partial charge in [-0.3, -0.25) is 5.10 Å². The van der Waals surface area contributed by atoms with E-state index in [0.29, 0.717) is 33.9 Å². The molecule has 0 unspecified atom stereocenters. The molecule has 0 spiro atoms. The minimum absolute atomic E-state index is 0.0272. The van der Waals surface area contributed by atoms with Gasteiger partial charge in [0.15, 0.2) is 0 Å². The Morgan fingerprint density at radius 2 is 1.82 bits per heavy atom. The number of fused-ring (bicyclic) bond motifs is 1. The zero-order valence-electron chi connectivity index (χ0n) is 17.8. The molecule has 4 aromatic rings. The van der Waals surface area contributed by atoms with Crippen LogP contribution in [-0.4, -0.2) is 10.2 Å². The number of hydrogen-bond acceptors (Lipinski definition) is 5. The van der Waals surface area contributed by atoms with Crippen molar-refractivity contribution in [3.63, 3.8) is 0 Å². The van der Waals surface area contributed by atoms with Crippen molar-refractivity contribution in [2.75, 3.05) is 0 Å². The van der Waals surface area contributed by atoms with Crippen molar-refractivity contribution < 1.29 is 9.47 Å². The predicted octanol–water partition coefficient (Wildman–Crippen LogP) is 6.18. The second-order valence-corrected chi connectivity index (χ2v) is 8.61. The summed E-state index contributed by atoms with van der Waals surface area (Å²) in [5, 5.41) is 18.6. The van der Waals surface area contributed by atoms with Crippen molar-refractivity contribution in [2.45, 2.75) is 12.5 Å². The van der Waals surface area contributed by atoms with Gasteiger partial charge in [-0.2, -0.15) is 5.26 Å². The Balaban J connectivity index is 1.54. The molecule has 168 valence electrons. The van der Waals surface area contributed by atoms with Crippen molar-refractivity contribution in [2.24, 2.45) is 5.73 Å². The minimum atomic E-state index is -0.493. The highest BCUT2D eigenvalue weighted by atomic mass is 35.5. The first-order valence-electron chi connectivity index (χ1n) is 10.4. The maximum absolute atomic E-state index is 9.94. The predicted molar refractivity (Wildman–Crippen MR) is 131 cm³/mol. The molecule has 0 radical (unpaired) electrons. The lowest BCUT2D eigenvalue weighted by atomic mass is 9.83. The number of nitrogens with zero attached hydrogens (tertiary/aromatic N) is 2. The quantitative estimate of drug-likeness (QED) is 0.349. The van der Waals surface area contributed by atoms with E-state index in [1.54, 1.807) is 12.1 Å². The van der Waals surface area contributed by atoms with Crippen LogP contribution in [0.25, 0.3) is 11.3 Å². The lowest BCUT2D eigenvalue weighted by Crippen LogP contribution is -2.21. The third kappa shape index (κ3) is 4.19. The van der Waals surface area contributed by atoms with Crippen LogP contribution in [0.1, 0.15) is 22.6 Å². The van der Waals surface area contributed by atoms with Gasteiger partial charge >= 0.3 is 0 Å². The number of aromatic nitrogens is 2. The molecular formula is C26H18Cl2N4O2. The number of nitrogens with two attached hydrogens (primary N) is 1. The molecule has 1 aliphatic rings. The fourth-order valence-corrected chi connectivity index (χ4v) is 4.33. The van der Waals surface area contributed by atoms with E-state index < -0.39 is 5.92 Å². The summed E-state index contributed by atoms with van der Waals surface area (Å²) in [6.45, 7) is 0.355. The third-order valence-electron chi connectivity index (χ3n) is 5.56. The molecular weight excluding hydrogens is 471 g/mol. The van der Waals surface area contributed by atoms with E-state index in [2.05, 4.69) is 16.3 Å². The monoisotopic (exact) mass is 488 g/mol. The molecule has 0 saturated carbocycles. The van der Waals surface area contributed by atoms with Crippen LogP contribution in [0.4, 0.5) is 0 Å². The summed E-state index contributed by atoms with van der Waals surface area (Å²) in [6.07, 6.45) is 0. The second kappa shape index (κ2) is 9.14. The Morgan fingerprint density at radius 3 is 2.59 bits per heavy atom. The maximum atomic E-state index is 9.94. The standard InChI is InChI=1S/C26H18Cl2N4O2/c27-18-9-7-16(8-10-18)24-23-22(21(13-29)25(30)34-26(23)32-31-24)17-4-2-6-20(12-17)33-14-15-3-1-5-19(28)11-15/h1-12,22H,14,30H2,(H,31,32)/t22-/m1/s1. The molecule has 3 N–H and O–H groups in total. The summed E-state index contributed by atoms with van der Waals surface area (Å²) in [5.41, 5.74) is 10.5. The number of nitrogens with one attached hydrogen (secondary N) is 1. The van der Waals surface area contributed by atoms with E-state index in [0.717, 1.165) is 27.9 Å². The van der Waals surface area contributed by atoms with Gasteiger partial charge < -0.3 is 15.2 Å². The molecule has 0 bridgehead atoms. The van der Waals surface area contributed by atoms with Crippen molar-refractivity contribution in [3.05, 3.63) is 111 Å². The van der Waals surface area contributed by atoms with Crippen LogP contribution in [0.15, 0.2) is 84.3 Å². The molecule has 34 heavy (non-hydrogen) atoms. The first-order valence-corrected chi connectivity index (χ1v) is 11.2. The molecule has 1 aromatic heterocycles. The maximum Gasteiger partial charge on any atom is 0.244 e. The SMILES string of the molecule is N#CC1=C(N)Oc2n[nH]c(-c3ccc(Cl)cc3)c2[C@@H]1c1cccc(OCc2cccc(Cl)c2)c1. The molecule has 5 rings (SSSR count). The van der Waals surface area contributed by atoms with Gasteiger partial charge in [0.1, 0.15) is 24.0 Å².